The zero-order valence-electron chi connectivity index (χ0n) is 14.7. The molecule has 1 aliphatic rings. The van der Waals surface area contributed by atoms with Crippen molar-refractivity contribution in [3.8, 4) is 5.75 Å². The highest BCUT2D eigenvalue weighted by molar-refractivity contribution is 7.14. The third-order valence-electron chi connectivity index (χ3n) is 4.16. The molecule has 2 heterocycles. The first-order valence-electron chi connectivity index (χ1n) is 8.58. The van der Waals surface area contributed by atoms with E-state index >= 15 is 0 Å². The number of methoxy groups -OCH3 is 1. The molecule has 0 bridgehead atoms. The molecule has 3 rings (SSSR count). The van der Waals surface area contributed by atoms with Crippen LogP contribution in [-0.2, 0) is 4.79 Å². The van der Waals surface area contributed by atoms with Crippen molar-refractivity contribution in [2.75, 3.05) is 32.1 Å². The number of aromatic nitrogens is 1. The van der Waals surface area contributed by atoms with Crippen LogP contribution in [0.2, 0.25) is 0 Å². The van der Waals surface area contributed by atoms with Gasteiger partial charge < -0.3 is 20.3 Å². The smallest absolute Gasteiger partial charge is 0.270 e. The topological polar surface area (TPSA) is 83.6 Å². The van der Waals surface area contributed by atoms with E-state index in [9.17, 15) is 9.59 Å². The second-order valence-electron chi connectivity index (χ2n) is 5.99. The maximum absolute atomic E-state index is 12.2. The third-order valence-corrected chi connectivity index (χ3v) is 4.92. The van der Waals surface area contributed by atoms with Crippen molar-refractivity contribution in [1.82, 2.24) is 15.2 Å². The molecule has 7 nitrogen and oxygen atoms in total. The molecule has 0 radical (unpaired) electrons. The molecule has 138 valence electrons. The maximum Gasteiger partial charge on any atom is 0.270 e. The average molecular weight is 374 g/mol. The van der Waals surface area contributed by atoms with Crippen molar-refractivity contribution in [2.45, 2.75) is 19.3 Å². The van der Waals surface area contributed by atoms with Crippen molar-refractivity contribution < 1.29 is 14.3 Å². The monoisotopic (exact) mass is 374 g/mol. The molecule has 0 unspecified atom stereocenters. The standard InChI is InChI=1S/C18H22N4O3S/c1-25-14-6-4-13(5-7-14)20-18-21-15(12-26-18)17(24)19-9-8-16(23)22-10-2-3-11-22/h4-7,12H,2-3,8-11H2,1H3,(H,19,24)(H,20,21). The Hall–Kier alpha value is -2.61. The molecular weight excluding hydrogens is 352 g/mol. The Morgan fingerprint density at radius 1 is 1.23 bits per heavy atom. The first kappa shape index (κ1) is 18.2. The minimum Gasteiger partial charge on any atom is -0.497 e. The minimum atomic E-state index is -0.266. The van der Waals surface area contributed by atoms with E-state index < -0.39 is 0 Å². The number of nitrogens with zero attached hydrogens (tertiary/aromatic N) is 2. The molecule has 26 heavy (non-hydrogen) atoms. The van der Waals surface area contributed by atoms with Gasteiger partial charge in [-0.05, 0) is 37.1 Å². The van der Waals surface area contributed by atoms with E-state index in [1.165, 1.54) is 11.3 Å². The second kappa shape index (κ2) is 8.66. The lowest BCUT2D eigenvalue weighted by Gasteiger charge is -2.14. The number of amides is 2. The molecule has 2 aromatic rings. The fraction of sp³-hybridized carbons (Fsp3) is 0.389. The Kier molecular flexibility index (Phi) is 6.06. The van der Waals surface area contributed by atoms with Crippen LogP contribution in [0, 0.1) is 0 Å². The van der Waals surface area contributed by atoms with Crippen LogP contribution in [0.4, 0.5) is 10.8 Å². The largest absolute Gasteiger partial charge is 0.497 e. The molecule has 8 heteroatoms. The summed E-state index contributed by atoms with van der Waals surface area (Å²) in [5.74, 6) is 0.611. The zero-order valence-corrected chi connectivity index (χ0v) is 15.5. The number of benzene rings is 1. The van der Waals surface area contributed by atoms with Crippen molar-refractivity contribution in [3.63, 3.8) is 0 Å². The summed E-state index contributed by atoms with van der Waals surface area (Å²) in [7, 11) is 1.62. The number of rotatable bonds is 7. The molecule has 0 atom stereocenters. The summed E-state index contributed by atoms with van der Waals surface area (Å²) in [6.45, 7) is 1.99. The summed E-state index contributed by atoms with van der Waals surface area (Å²) in [5, 5.41) is 8.24. The van der Waals surface area contributed by atoms with E-state index in [4.69, 9.17) is 4.74 Å². The first-order chi connectivity index (χ1) is 12.7. The highest BCUT2D eigenvalue weighted by Crippen LogP contribution is 2.22. The van der Waals surface area contributed by atoms with Gasteiger partial charge in [-0.1, -0.05) is 0 Å². The molecule has 2 amide bonds. The van der Waals surface area contributed by atoms with Gasteiger partial charge in [-0.25, -0.2) is 4.98 Å². The number of carbonyl (C=O) groups is 2. The number of thiazole rings is 1. The Morgan fingerprint density at radius 2 is 1.96 bits per heavy atom. The van der Waals surface area contributed by atoms with Crippen LogP contribution in [0.3, 0.4) is 0 Å². The lowest BCUT2D eigenvalue weighted by molar-refractivity contribution is -0.129. The summed E-state index contributed by atoms with van der Waals surface area (Å²) >= 11 is 1.35. The predicted octanol–water partition coefficient (Wildman–Crippen LogP) is 2.64. The van der Waals surface area contributed by atoms with Crippen molar-refractivity contribution >= 4 is 34.0 Å². The SMILES string of the molecule is COc1ccc(Nc2nc(C(=O)NCCC(=O)N3CCCC3)cs2)cc1. The van der Waals surface area contributed by atoms with Gasteiger partial charge in [-0.2, -0.15) is 0 Å². The highest BCUT2D eigenvalue weighted by Gasteiger charge is 2.18. The number of hydrogen-bond donors (Lipinski definition) is 2. The molecule has 1 aromatic heterocycles. The Balaban J connectivity index is 1.47. The average Bonchev–Trinajstić information content (AvgIpc) is 3.34. The van der Waals surface area contributed by atoms with Gasteiger partial charge in [-0.15, -0.1) is 11.3 Å². The summed E-state index contributed by atoms with van der Waals surface area (Å²) < 4.78 is 5.12. The lowest BCUT2D eigenvalue weighted by Crippen LogP contribution is -2.32. The molecule has 1 saturated heterocycles. The number of ether oxygens (including phenoxy) is 1. The number of nitrogens with one attached hydrogen (secondary N) is 2. The van der Waals surface area contributed by atoms with Crippen molar-refractivity contribution in [3.05, 3.63) is 35.3 Å². The summed E-state index contributed by atoms with van der Waals surface area (Å²) in [5.41, 5.74) is 1.21. The normalized spacial score (nSPS) is 13.5. The second-order valence-corrected chi connectivity index (χ2v) is 6.84. The Morgan fingerprint density at radius 3 is 2.65 bits per heavy atom. The van der Waals surface area contributed by atoms with Gasteiger partial charge in [0.2, 0.25) is 5.91 Å². The van der Waals surface area contributed by atoms with Crippen LogP contribution in [0.15, 0.2) is 29.6 Å². The maximum atomic E-state index is 12.2. The van der Waals surface area contributed by atoms with Crippen LogP contribution in [0.5, 0.6) is 5.75 Å². The molecular formula is C18H22N4O3S. The zero-order chi connectivity index (χ0) is 18.4. The first-order valence-corrected chi connectivity index (χ1v) is 9.46. The lowest BCUT2D eigenvalue weighted by atomic mass is 10.3. The van der Waals surface area contributed by atoms with Crippen LogP contribution >= 0.6 is 11.3 Å². The van der Waals surface area contributed by atoms with Gasteiger partial charge in [0.05, 0.1) is 7.11 Å². The van der Waals surface area contributed by atoms with E-state index in [2.05, 4.69) is 15.6 Å². The van der Waals surface area contributed by atoms with Gasteiger partial charge in [-0.3, -0.25) is 9.59 Å². The third kappa shape index (κ3) is 4.72. The molecule has 1 aromatic carbocycles. The molecule has 1 aliphatic heterocycles. The van der Waals surface area contributed by atoms with Crippen molar-refractivity contribution in [2.24, 2.45) is 0 Å². The van der Waals surface area contributed by atoms with Crippen LogP contribution in [0.25, 0.3) is 0 Å². The number of likely N-dealkylation sites (tertiary alicyclic amines) is 1. The fourth-order valence-electron chi connectivity index (χ4n) is 2.73. The summed E-state index contributed by atoms with van der Waals surface area (Å²) in [6.07, 6.45) is 2.47. The minimum absolute atomic E-state index is 0.0999. The summed E-state index contributed by atoms with van der Waals surface area (Å²) in [6, 6.07) is 7.45. The van der Waals surface area contributed by atoms with E-state index in [-0.39, 0.29) is 11.8 Å². The van der Waals surface area contributed by atoms with Gasteiger partial charge in [0.1, 0.15) is 11.4 Å². The molecule has 2 N–H and O–H groups in total. The fourth-order valence-corrected chi connectivity index (χ4v) is 3.44. The quantitative estimate of drug-likeness (QED) is 0.778. The van der Waals surface area contributed by atoms with Crippen LogP contribution in [-0.4, -0.2) is 48.4 Å². The molecule has 0 saturated carbocycles. The van der Waals surface area contributed by atoms with E-state index in [1.54, 1.807) is 12.5 Å². The molecule has 1 fully saturated rings. The number of carbonyl (C=O) groups excluding carboxylic acids is 2. The Bertz CT molecular complexity index is 754. The van der Waals surface area contributed by atoms with Gasteiger partial charge in [0.25, 0.3) is 5.91 Å². The summed E-state index contributed by atoms with van der Waals surface area (Å²) in [4.78, 5) is 30.3. The molecule has 0 spiro atoms. The van der Waals surface area contributed by atoms with E-state index in [0.29, 0.717) is 23.8 Å². The highest BCUT2D eigenvalue weighted by atomic mass is 32.1. The number of hydrogen-bond acceptors (Lipinski definition) is 6. The van der Waals surface area contributed by atoms with E-state index in [1.807, 2.05) is 29.2 Å². The van der Waals surface area contributed by atoms with Crippen molar-refractivity contribution in [1.29, 1.82) is 0 Å². The van der Waals surface area contributed by atoms with Crippen LogP contribution < -0.4 is 15.4 Å². The van der Waals surface area contributed by atoms with Gasteiger partial charge in [0.15, 0.2) is 5.13 Å². The number of anilines is 2. The molecule has 0 aliphatic carbocycles. The van der Waals surface area contributed by atoms with Gasteiger partial charge >= 0.3 is 0 Å². The van der Waals surface area contributed by atoms with Crippen LogP contribution in [0.1, 0.15) is 29.8 Å². The Labute approximate surface area is 156 Å². The van der Waals surface area contributed by atoms with Gasteiger partial charge in [0, 0.05) is 37.1 Å². The van der Waals surface area contributed by atoms with E-state index in [0.717, 1.165) is 37.4 Å². The predicted molar refractivity (Wildman–Crippen MR) is 101 cm³/mol.